The Kier molecular flexibility index (Phi) is 8.65. The maximum absolute atomic E-state index is 13.1. The molecule has 0 spiro atoms. The first-order valence-corrected chi connectivity index (χ1v) is 13.0. The fourth-order valence-corrected chi connectivity index (χ4v) is 5.28. The van der Waals surface area contributed by atoms with Gasteiger partial charge in [-0.25, -0.2) is 0 Å². The summed E-state index contributed by atoms with van der Waals surface area (Å²) in [6.07, 6.45) is 11.0. The summed E-state index contributed by atoms with van der Waals surface area (Å²) < 4.78 is 0. The zero-order chi connectivity index (χ0) is 24.6. The van der Waals surface area contributed by atoms with Crippen LogP contribution in [-0.2, 0) is 11.3 Å². The van der Waals surface area contributed by atoms with Gasteiger partial charge in [-0.05, 0) is 43.5 Å². The second-order valence-corrected chi connectivity index (χ2v) is 10.4. The molecule has 0 saturated heterocycles. The van der Waals surface area contributed by atoms with Gasteiger partial charge in [-0.1, -0.05) is 43.7 Å². The molecule has 3 N–H and O–H groups in total. The molecule has 1 atom stereocenters. The highest BCUT2D eigenvalue weighted by molar-refractivity contribution is 7.14. The average molecular weight is 513 g/mol. The molecule has 184 valence electrons. The van der Waals surface area contributed by atoms with Crippen molar-refractivity contribution in [1.29, 1.82) is 0 Å². The topological polar surface area (TPSA) is 109 Å². The summed E-state index contributed by atoms with van der Waals surface area (Å²) in [6.45, 7) is 2.45. The normalized spacial score (nSPS) is 14.8. The molecule has 1 saturated carbocycles. The summed E-state index contributed by atoms with van der Waals surface area (Å²) in [5.41, 5.74) is 2.26. The summed E-state index contributed by atoms with van der Waals surface area (Å²) in [5.74, 6) is -0.0574. The lowest BCUT2D eigenvalue weighted by atomic mass is 9.84. The lowest BCUT2D eigenvalue weighted by Crippen LogP contribution is -2.45. The van der Waals surface area contributed by atoms with Gasteiger partial charge in [-0.3, -0.25) is 14.6 Å². The van der Waals surface area contributed by atoms with E-state index in [2.05, 4.69) is 31.1 Å². The Hall–Kier alpha value is -3.04. The van der Waals surface area contributed by atoms with Gasteiger partial charge < -0.3 is 16.0 Å². The highest BCUT2D eigenvalue weighted by Crippen LogP contribution is 2.28. The Bertz CT molecular complexity index is 1150. The first kappa shape index (κ1) is 25.1. The fourth-order valence-electron chi connectivity index (χ4n) is 4.27. The van der Waals surface area contributed by atoms with Gasteiger partial charge in [0.25, 0.3) is 5.91 Å². The predicted molar refractivity (Wildman–Crippen MR) is 139 cm³/mol. The molecule has 0 aromatic carbocycles. The maximum Gasteiger partial charge on any atom is 0.262 e. The van der Waals surface area contributed by atoms with Crippen LogP contribution in [0, 0.1) is 12.8 Å². The first-order chi connectivity index (χ1) is 17.0. The van der Waals surface area contributed by atoms with E-state index in [-0.39, 0.29) is 11.8 Å². The molecule has 3 aromatic rings. The molecule has 0 bridgehead atoms. The van der Waals surface area contributed by atoms with Gasteiger partial charge >= 0.3 is 0 Å². The van der Waals surface area contributed by atoms with Crippen LogP contribution in [0.5, 0.6) is 0 Å². The number of carbonyl (C=O) groups is 2. The van der Waals surface area contributed by atoms with Crippen molar-refractivity contribution < 1.29 is 9.59 Å². The zero-order valence-corrected chi connectivity index (χ0v) is 21.2. The van der Waals surface area contributed by atoms with Gasteiger partial charge in [-0.2, -0.15) is 10.2 Å². The minimum absolute atomic E-state index is 0.237. The van der Waals surface area contributed by atoms with Gasteiger partial charge in [0, 0.05) is 17.6 Å². The van der Waals surface area contributed by atoms with Crippen LogP contribution in [-0.4, -0.2) is 33.0 Å². The molecule has 1 fully saturated rings. The maximum atomic E-state index is 13.1. The number of nitrogens with zero attached hydrogens (tertiary/aromatic N) is 3. The lowest BCUT2D eigenvalue weighted by Gasteiger charge is -2.26. The smallest absolute Gasteiger partial charge is 0.262 e. The van der Waals surface area contributed by atoms with Crippen LogP contribution in [0.25, 0.3) is 0 Å². The number of aryl methyl sites for hydroxylation is 1. The number of carbonyl (C=O) groups excluding carboxylic acids is 2. The van der Waals surface area contributed by atoms with Crippen molar-refractivity contribution in [3.63, 3.8) is 0 Å². The first-order valence-electron chi connectivity index (χ1n) is 11.8. The third-order valence-electron chi connectivity index (χ3n) is 6.16. The molecule has 0 aliphatic heterocycles. The monoisotopic (exact) mass is 512 g/mol. The molecule has 3 heterocycles. The van der Waals surface area contributed by atoms with Crippen LogP contribution >= 0.6 is 22.9 Å². The van der Waals surface area contributed by atoms with Crippen LogP contribution in [0.3, 0.4) is 0 Å². The van der Waals surface area contributed by atoms with Crippen molar-refractivity contribution in [2.24, 2.45) is 5.92 Å². The van der Waals surface area contributed by atoms with Crippen molar-refractivity contribution in [1.82, 2.24) is 20.5 Å². The van der Waals surface area contributed by atoms with Crippen molar-refractivity contribution in [2.45, 2.75) is 58.0 Å². The van der Waals surface area contributed by atoms with Crippen LogP contribution in [0.2, 0.25) is 5.02 Å². The van der Waals surface area contributed by atoms with E-state index in [9.17, 15) is 9.59 Å². The summed E-state index contributed by atoms with van der Waals surface area (Å²) in [5, 5.41) is 17.3. The third kappa shape index (κ3) is 7.22. The summed E-state index contributed by atoms with van der Waals surface area (Å²) >= 11 is 7.44. The molecular formula is C25H29ClN6O2S. The molecule has 1 aliphatic carbocycles. The van der Waals surface area contributed by atoms with Crippen LogP contribution in [0.1, 0.15) is 58.8 Å². The number of rotatable bonds is 9. The molecule has 8 nitrogen and oxygen atoms in total. The van der Waals surface area contributed by atoms with E-state index in [0.717, 1.165) is 29.1 Å². The molecule has 10 heteroatoms. The Labute approximate surface area is 213 Å². The molecular weight excluding hydrogens is 484 g/mol. The Balaban J connectivity index is 1.40. The highest BCUT2D eigenvalue weighted by atomic mass is 35.5. The summed E-state index contributed by atoms with van der Waals surface area (Å²) in [7, 11) is 0. The minimum Gasteiger partial charge on any atom is -0.379 e. The van der Waals surface area contributed by atoms with Crippen LogP contribution < -0.4 is 16.0 Å². The Morgan fingerprint density at radius 3 is 2.74 bits per heavy atom. The van der Waals surface area contributed by atoms with Crippen LogP contribution in [0.15, 0.2) is 42.9 Å². The van der Waals surface area contributed by atoms with Crippen molar-refractivity contribution in [3.05, 3.63) is 63.3 Å². The number of thiophene rings is 1. The number of nitrogens with one attached hydrogen (secondary N) is 3. The van der Waals surface area contributed by atoms with Crippen molar-refractivity contribution in [3.8, 4) is 0 Å². The number of halogens is 1. The number of hydrogen-bond donors (Lipinski definition) is 3. The quantitative estimate of drug-likeness (QED) is 0.363. The summed E-state index contributed by atoms with van der Waals surface area (Å²) in [6, 6.07) is 6.60. The van der Waals surface area contributed by atoms with E-state index in [0.29, 0.717) is 34.5 Å². The number of hydrogen-bond acceptors (Lipinski definition) is 7. The van der Waals surface area contributed by atoms with Crippen molar-refractivity contribution in [2.75, 3.05) is 10.6 Å². The fraction of sp³-hybridized carbons (Fsp3) is 0.400. The lowest BCUT2D eigenvalue weighted by molar-refractivity contribution is -0.118. The Morgan fingerprint density at radius 2 is 1.97 bits per heavy atom. The van der Waals surface area contributed by atoms with E-state index in [1.54, 1.807) is 18.3 Å². The van der Waals surface area contributed by atoms with Gasteiger partial charge in [0.05, 0.1) is 39.4 Å². The highest BCUT2D eigenvalue weighted by Gasteiger charge is 2.27. The van der Waals surface area contributed by atoms with Gasteiger partial charge in [0.15, 0.2) is 0 Å². The van der Waals surface area contributed by atoms with Gasteiger partial charge in [0.1, 0.15) is 6.04 Å². The molecule has 1 aliphatic rings. The second kappa shape index (κ2) is 12.1. The standard InChI is InChI=1S/C25H29ClN6O2S/c1-16-21(12-18(26)13-27-16)28-15-20-7-8-23(35-20)25(34)32-22(11-17-5-3-2-4-6-17)24(33)31-19-9-10-29-30-14-19/h7-10,12-14,17,22,28H,2-6,11,15H2,1H3,(H,32,34)(H,29,31,33)/t22-/m0/s1. The van der Waals surface area contributed by atoms with Gasteiger partial charge in [0.2, 0.25) is 5.91 Å². The van der Waals surface area contributed by atoms with Gasteiger partial charge in [-0.15, -0.1) is 11.3 Å². The predicted octanol–water partition coefficient (Wildman–Crippen LogP) is 5.21. The molecule has 35 heavy (non-hydrogen) atoms. The number of anilines is 2. The van der Waals surface area contributed by atoms with E-state index >= 15 is 0 Å². The minimum atomic E-state index is -0.623. The SMILES string of the molecule is Cc1ncc(Cl)cc1NCc1ccc(C(=O)N[C@@H](CC2CCCCC2)C(=O)Nc2ccnnc2)s1. The molecule has 2 amide bonds. The molecule has 0 unspecified atom stereocenters. The molecule has 0 radical (unpaired) electrons. The molecule has 3 aromatic heterocycles. The second-order valence-electron chi connectivity index (χ2n) is 8.79. The number of amides is 2. The average Bonchev–Trinajstić information content (AvgIpc) is 3.35. The van der Waals surface area contributed by atoms with Crippen LogP contribution in [0.4, 0.5) is 11.4 Å². The third-order valence-corrected chi connectivity index (χ3v) is 7.45. The van der Waals surface area contributed by atoms with Crippen molar-refractivity contribution >= 4 is 46.1 Å². The molecule has 4 rings (SSSR count). The zero-order valence-electron chi connectivity index (χ0n) is 19.6. The largest absolute Gasteiger partial charge is 0.379 e. The Morgan fingerprint density at radius 1 is 1.14 bits per heavy atom. The number of pyridine rings is 1. The number of aromatic nitrogens is 3. The van der Waals surface area contributed by atoms with E-state index in [1.165, 1.54) is 43.0 Å². The van der Waals surface area contributed by atoms with E-state index in [1.807, 2.05) is 19.1 Å². The summed E-state index contributed by atoms with van der Waals surface area (Å²) in [4.78, 5) is 32.0. The van der Waals surface area contributed by atoms with E-state index < -0.39 is 6.04 Å². The van der Waals surface area contributed by atoms with E-state index in [4.69, 9.17) is 11.6 Å².